The van der Waals surface area contributed by atoms with Gasteiger partial charge in [0, 0.05) is 81.4 Å². The van der Waals surface area contributed by atoms with E-state index in [1.165, 1.54) is 29.7 Å². The summed E-state index contributed by atoms with van der Waals surface area (Å²) in [6.07, 6.45) is 2.21. The lowest BCUT2D eigenvalue weighted by Gasteiger charge is -2.32. The fourth-order valence-electron chi connectivity index (χ4n) is 14.0. The fraction of sp³-hybridized carbons (Fsp3) is 0.581. The van der Waals surface area contributed by atoms with Crippen LogP contribution >= 0.6 is 0 Å². The van der Waals surface area contributed by atoms with Gasteiger partial charge >= 0.3 is 5.97 Å². The lowest BCUT2D eigenvalue weighted by atomic mass is 9.84. The smallest absolute Gasteiger partial charge is 0.343 e. The van der Waals surface area contributed by atoms with Crippen LogP contribution in [0.25, 0.3) is 22.3 Å². The van der Waals surface area contributed by atoms with E-state index in [2.05, 4.69) is 42.5 Å². The topological polar surface area (TPSA) is 518 Å². The number of methoxy groups -OCH3 is 2. The van der Waals surface area contributed by atoms with Gasteiger partial charge in [0.2, 0.25) is 35.4 Å². The highest BCUT2D eigenvalue weighted by Crippen LogP contribution is 2.46. The fourth-order valence-corrected chi connectivity index (χ4v) is 14.0. The number of nitrogens with one attached hydrogen (secondary N) is 8. The van der Waals surface area contributed by atoms with Crippen LogP contribution in [-0.4, -0.2) is 350 Å². The Kier molecular flexibility index (Phi) is 49.2. The highest BCUT2D eigenvalue weighted by Gasteiger charge is 2.50. The Hall–Kier alpha value is -10.9. The van der Waals surface area contributed by atoms with Crippen LogP contribution in [0.3, 0.4) is 0 Å². The van der Waals surface area contributed by atoms with E-state index in [1.54, 1.807) is 63.6 Å². The molecule has 137 heavy (non-hydrogen) atoms. The molecule has 5 aromatic rings. The SMILES string of the molecule is COCCOCCOCCOCCOCCOCCOCCOCCNC(=O)c1cc(N2C(=O)C=CC2=O)cc(C(=O)NCCOCCOCCOCCOCCOCCOCCOCCOC)c1OCCCC(=O)NCC(=O)NCC(=O)N[C@@H](Cc1ccccc1)C(=O)NCC(=O)NCO[C@@H](C)C(=O)NCc1c2c(nc3cc(F)c(C)cc13)-c1cc3c(c(=O)n1C2)COC(=O)[C@]3(O)CC1CC1. The lowest BCUT2D eigenvalue weighted by Crippen LogP contribution is -2.52. The van der Waals surface area contributed by atoms with E-state index in [0.717, 1.165) is 29.9 Å². The van der Waals surface area contributed by atoms with Gasteiger partial charge in [-0.3, -0.25) is 52.7 Å². The van der Waals surface area contributed by atoms with Crippen LogP contribution in [0.1, 0.15) is 93.1 Å². The van der Waals surface area contributed by atoms with Gasteiger partial charge in [-0.25, -0.2) is 19.1 Å². The number of esters is 1. The molecule has 9 rings (SSSR count). The summed E-state index contributed by atoms with van der Waals surface area (Å²) in [7, 11) is 3.22. The minimum Gasteiger partial charge on any atom is -0.492 e. The van der Waals surface area contributed by atoms with E-state index in [9.17, 15) is 62.6 Å². The molecule has 44 heteroatoms. The molecule has 4 aliphatic rings. The number of ether oxygens (including phenoxy) is 19. The van der Waals surface area contributed by atoms with Crippen molar-refractivity contribution in [1.82, 2.24) is 52.1 Å². The number of benzene rings is 3. The molecule has 754 valence electrons. The first-order valence-electron chi connectivity index (χ1n) is 45.7. The molecule has 43 nitrogen and oxygen atoms in total. The van der Waals surface area contributed by atoms with Crippen molar-refractivity contribution in [3.05, 3.63) is 133 Å². The van der Waals surface area contributed by atoms with E-state index in [4.69, 9.17) is 95.0 Å². The van der Waals surface area contributed by atoms with Gasteiger partial charge in [0.25, 0.3) is 29.2 Å². The Morgan fingerprint density at radius 1 is 0.533 bits per heavy atom. The maximum atomic E-state index is 15.2. The van der Waals surface area contributed by atoms with E-state index >= 15 is 4.39 Å². The highest BCUT2D eigenvalue weighted by molar-refractivity contribution is 6.28. The number of aliphatic hydroxyl groups is 1. The number of carbonyl (C=O) groups is 11. The molecule has 0 saturated heterocycles. The minimum absolute atomic E-state index is 0.00127. The average Bonchev–Trinajstić information content (AvgIpc) is 1.58. The quantitative estimate of drug-likeness (QED) is 0.0108. The zero-order chi connectivity index (χ0) is 97.8. The number of imide groups is 1. The molecule has 10 amide bonds. The predicted octanol–water partition coefficient (Wildman–Crippen LogP) is 0.362. The number of cyclic esters (lactones) is 1. The average molecular weight is 1930 g/mol. The van der Waals surface area contributed by atoms with Gasteiger partial charge in [0.05, 0.1) is 270 Å². The molecule has 1 fully saturated rings. The number of anilines is 1. The molecule has 0 bridgehead atoms. The van der Waals surface area contributed by atoms with Crippen LogP contribution in [0, 0.1) is 18.7 Å². The number of amides is 10. The molecule has 3 atom stereocenters. The first-order chi connectivity index (χ1) is 66.6. The van der Waals surface area contributed by atoms with Crippen LogP contribution in [-0.2, 0) is 160 Å². The van der Waals surface area contributed by atoms with Gasteiger partial charge in [-0.2, -0.15) is 0 Å². The number of hydrogen-bond donors (Lipinski definition) is 9. The molecule has 9 N–H and O–H groups in total. The number of aromatic nitrogens is 2. The van der Waals surface area contributed by atoms with Crippen molar-refractivity contribution in [2.45, 2.75) is 89.8 Å². The maximum Gasteiger partial charge on any atom is 0.343 e. The van der Waals surface area contributed by atoms with Crippen molar-refractivity contribution in [3.63, 3.8) is 0 Å². The van der Waals surface area contributed by atoms with Crippen LogP contribution in [0.15, 0.2) is 77.6 Å². The Balaban J connectivity index is 0.701. The van der Waals surface area contributed by atoms with Gasteiger partial charge in [-0.1, -0.05) is 43.2 Å². The predicted molar refractivity (Wildman–Crippen MR) is 485 cm³/mol. The second kappa shape index (κ2) is 61.5. The number of nitrogens with zero attached hydrogens (tertiary/aromatic N) is 3. The van der Waals surface area contributed by atoms with Crippen molar-refractivity contribution < 1.29 is 152 Å². The van der Waals surface area contributed by atoms with Crippen LogP contribution in [0.2, 0.25) is 0 Å². The van der Waals surface area contributed by atoms with Gasteiger partial charge in [-0.15, -0.1) is 0 Å². The summed E-state index contributed by atoms with van der Waals surface area (Å²) in [6.45, 7) is 10.2. The number of halogens is 1. The molecular formula is C93H128FN11O32. The number of carbonyl (C=O) groups excluding carboxylic acids is 11. The number of hydrogen-bond acceptors (Lipinski definition) is 33. The summed E-state index contributed by atoms with van der Waals surface area (Å²) in [5, 5.41) is 33.0. The van der Waals surface area contributed by atoms with Crippen LogP contribution in [0.5, 0.6) is 5.75 Å². The lowest BCUT2D eigenvalue weighted by molar-refractivity contribution is -0.173. The minimum atomic E-state index is -2.05. The van der Waals surface area contributed by atoms with Crippen LogP contribution in [0.4, 0.5) is 10.1 Å². The monoisotopic (exact) mass is 1930 g/mol. The summed E-state index contributed by atoms with van der Waals surface area (Å²) < 4.78 is 121. The second-order valence-corrected chi connectivity index (χ2v) is 31.5. The Morgan fingerprint density at radius 2 is 1.00 bits per heavy atom. The van der Waals surface area contributed by atoms with Gasteiger partial charge in [0.15, 0.2) is 5.60 Å². The molecule has 1 saturated carbocycles. The molecule has 3 aromatic carbocycles. The third-order valence-corrected chi connectivity index (χ3v) is 21.3. The number of pyridine rings is 2. The van der Waals surface area contributed by atoms with Gasteiger partial charge in [-0.05, 0) is 73.6 Å². The number of rotatable bonds is 74. The molecular weight excluding hydrogens is 1800 g/mol. The summed E-state index contributed by atoms with van der Waals surface area (Å²) >= 11 is 0. The Labute approximate surface area is 792 Å². The van der Waals surface area contributed by atoms with Gasteiger partial charge < -0.3 is 142 Å². The summed E-state index contributed by atoms with van der Waals surface area (Å²) in [6, 6.07) is 14.1. The Morgan fingerprint density at radius 3 is 1.50 bits per heavy atom. The van der Waals surface area contributed by atoms with E-state index in [-0.39, 0.29) is 163 Å². The number of aryl methyl sites for hydroxylation is 1. The van der Waals surface area contributed by atoms with Crippen molar-refractivity contribution in [2.24, 2.45) is 5.92 Å². The molecule has 0 unspecified atom stereocenters. The first kappa shape index (κ1) is 110. The number of fused-ring (bicyclic) bond motifs is 5. The summed E-state index contributed by atoms with van der Waals surface area (Å²) in [4.78, 5) is 168. The zero-order valence-electron chi connectivity index (χ0n) is 78.0. The van der Waals surface area contributed by atoms with Crippen molar-refractivity contribution in [2.75, 3.05) is 263 Å². The van der Waals surface area contributed by atoms with E-state index < -0.39 is 121 Å². The first-order valence-corrected chi connectivity index (χ1v) is 45.7. The molecule has 0 radical (unpaired) electrons. The third kappa shape index (κ3) is 37.8. The van der Waals surface area contributed by atoms with Gasteiger partial charge in [0.1, 0.15) is 37.1 Å². The van der Waals surface area contributed by atoms with Crippen molar-refractivity contribution >= 4 is 81.6 Å². The summed E-state index contributed by atoms with van der Waals surface area (Å²) in [5.41, 5.74) is -0.133. The zero-order valence-corrected chi connectivity index (χ0v) is 78.0. The third-order valence-electron chi connectivity index (χ3n) is 21.3. The second-order valence-electron chi connectivity index (χ2n) is 31.5. The molecule has 1 aliphatic carbocycles. The summed E-state index contributed by atoms with van der Waals surface area (Å²) in [5.74, 6) is -9.09. The van der Waals surface area contributed by atoms with Crippen molar-refractivity contribution in [3.8, 4) is 17.1 Å². The van der Waals surface area contributed by atoms with Crippen LogP contribution < -0.4 is 57.7 Å². The van der Waals surface area contributed by atoms with E-state index in [0.29, 0.717) is 184 Å². The molecule has 3 aliphatic heterocycles. The maximum absolute atomic E-state index is 15.2. The largest absolute Gasteiger partial charge is 0.492 e. The standard InChI is InChI=1S/C93H128FN11O32/c1-63-49-68-71(72-60-104-78(85(72)103-76(68)54-75(63)94)53-74-73(91(104)116)61-136-92(117)93(74,118)55-66-12-13-66)56-99-87(112)64(2)137-62-101-81(108)58-100-90(115)77(50-65-9-6-5-7-10-65)102-82(109)59-98-80(107)57-97-79(106)11-8-18-135-86-69(88(113)95-16-19-121-25-27-125-33-35-129-41-43-133-47-45-131-39-37-127-31-29-123-23-21-119-3)51-67(105-83(110)14-15-84(105)111)52-70(86)89(114)96-17-20-122-26-28-126-34-36-130-42-44-134-48-46-132-40-38-128-32-30-124-24-22-120-4/h5-7,9-10,14-15,49,51-54,64,66,77,118H,8,11-13,16-48,50,55-62H2,1-4H3,(H,95,113)(H,96,114)(H,97,106)(H,98,107)(H,99,112)(H,100,115)(H,101,108)(H,102,109)/t64-,77-,93-/m0/s1. The Bertz CT molecular complexity index is 4710. The molecule has 5 heterocycles. The normalized spacial score (nSPS) is 14.6. The molecule has 2 aromatic heterocycles. The van der Waals surface area contributed by atoms with E-state index in [1.807, 2.05) is 0 Å². The van der Waals surface area contributed by atoms with Crippen molar-refractivity contribution in [1.29, 1.82) is 0 Å². The highest BCUT2D eigenvalue weighted by atomic mass is 19.1. The molecule has 0 spiro atoms.